The maximum Gasteiger partial charge on any atom is 0.309 e. The third-order valence-electron chi connectivity index (χ3n) is 2.27. The SMILES string of the molecule is CN=CC1CC(C(=O)OC(C)(C)C)C1. The molecule has 3 nitrogen and oxygen atoms in total. The van der Waals surface area contributed by atoms with E-state index in [0.29, 0.717) is 5.92 Å². The van der Waals surface area contributed by atoms with Gasteiger partial charge in [0.1, 0.15) is 5.60 Å². The molecule has 0 bridgehead atoms. The van der Waals surface area contributed by atoms with E-state index in [1.54, 1.807) is 7.05 Å². The monoisotopic (exact) mass is 197 g/mol. The Morgan fingerprint density at radius 2 is 2.00 bits per heavy atom. The van der Waals surface area contributed by atoms with Gasteiger partial charge in [0.05, 0.1) is 5.92 Å². The van der Waals surface area contributed by atoms with Crippen molar-refractivity contribution in [3.8, 4) is 0 Å². The van der Waals surface area contributed by atoms with Crippen LogP contribution in [0.2, 0.25) is 0 Å². The van der Waals surface area contributed by atoms with E-state index in [9.17, 15) is 4.79 Å². The Morgan fingerprint density at radius 1 is 1.43 bits per heavy atom. The quantitative estimate of drug-likeness (QED) is 0.502. The van der Waals surface area contributed by atoms with Crippen molar-refractivity contribution < 1.29 is 9.53 Å². The van der Waals surface area contributed by atoms with Crippen molar-refractivity contribution in [1.82, 2.24) is 0 Å². The average Bonchev–Trinajstić information content (AvgIpc) is 1.91. The van der Waals surface area contributed by atoms with E-state index in [1.165, 1.54) is 0 Å². The van der Waals surface area contributed by atoms with E-state index in [2.05, 4.69) is 4.99 Å². The van der Waals surface area contributed by atoms with Crippen molar-refractivity contribution >= 4 is 12.2 Å². The first-order valence-electron chi connectivity index (χ1n) is 5.07. The van der Waals surface area contributed by atoms with Crippen LogP contribution < -0.4 is 0 Å². The highest BCUT2D eigenvalue weighted by atomic mass is 16.6. The smallest absolute Gasteiger partial charge is 0.309 e. The molecule has 0 radical (unpaired) electrons. The fourth-order valence-electron chi connectivity index (χ4n) is 1.57. The van der Waals surface area contributed by atoms with Gasteiger partial charge in [-0.1, -0.05) is 0 Å². The molecule has 80 valence electrons. The second-order valence-corrected chi connectivity index (χ2v) is 4.87. The lowest BCUT2D eigenvalue weighted by molar-refractivity contribution is -0.163. The molecule has 0 unspecified atom stereocenters. The van der Waals surface area contributed by atoms with Crippen molar-refractivity contribution in [2.75, 3.05) is 7.05 Å². The molecule has 0 spiro atoms. The summed E-state index contributed by atoms with van der Waals surface area (Å²) in [4.78, 5) is 15.5. The Hall–Kier alpha value is -0.860. The van der Waals surface area contributed by atoms with Gasteiger partial charge >= 0.3 is 5.97 Å². The lowest BCUT2D eigenvalue weighted by atomic mass is 9.75. The number of carbonyl (C=O) groups excluding carboxylic acids is 1. The van der Waals surface area contributed by atoms with E-state index >= 15 is 0 Å². The summed E-state index contributed by atoms with van der Waals surface area (Å²) in [5.74, 6) is 0.521. The molecule has 1 fully saturated rings. The molecule has 3 heteroatoms. The van der Waals surface area contributed by atoms with Gasteiger partial charge in [0.2, 0.25) is 0 Å². The van der Waals surface area contributed by atoms with Crippen molar-refractivity contribution in [3.63, 3.8) is 0 Å². The van der Waals surface area contributed by atoms with Gasteiger partial charge in [-0.2, -0.15) is 0 Å². The Balaban J connectivity index is 2.30. The van der Waals surface area contributed by atoms with Gasteiger partial charge in [-0.25, -0.2) is 0 Å². The Kier molecular flexibility index (Phi) is 3.29. The van der Waals surface area contributed by atoms with Crippen LogP contribution in [0.3, 0.4) is 0 Å². The number of nitrogens with zero attached hydrogens (tertiary/aromatic N) is 1. The number of esters is 1. The summed E-state index contributed by atoms with van der Waals surface area (Å²) >= 11 is 0. The molecule has 1 aliphatic carbocycles. The zero-order valence-electron chi connectivity index (χ0n) is 9.41. The van der Waals surface area contributed by atoms with Crippen LogP contribution in [0.1, 0.15) is 33.6 Å². The standard InChI is InChI=1S/C11H19NO2/c1-11(2,3)14-10(13)9-5-8(6-9)7-12-4/h7-9H,5-6H2,1-4H3. The van der Waals surface area contributed by atoms with Crippen LogP contribution in [0, 0.1) is 11.8 Å². The third-order valence-corrected chi connectivity index (χ3v) is 2.27. The van der Waals surface area contributed by atoms with Crippen LogP contribution in [0.5, 0.6) is 0 Å². The number of hydrogen-bond acceptors (Lipinski definition) is 3. The Labute approximate surface area is 85.6 Å². The van der Waals surface area contributed by atoms with E-state index in [-0.39, 0.29) is 17.5 Å². The van der Waals surface area contributed by atoms with Crippen LogP contribution in [-0.2, 0) is 9.53 Å². The van der Waals surface area contributed by atoms with Gasteiger partial charge < -0.3 is 9.73 Å². The second-order valence-electron chi connectivity index (χ2n) is 4.87. The van der Waals surface area contributed by atoms with Gasteiger partial charge in [-0.05, 0) is 39.5 Å². The lowest BCUT2D eigenvalue weighted by Crippen LogP contribution is -2.36. The Morgan fingerprint density at radius 3 is 2.43 bits per heavy atom. The maximum atomic E-state index is 11.5. The summed E-state index contributed by atoms with van der Waals surface area (Å²) in [6.07, 6.45) is 3.71. The highest BCUT2D eigenvalue weighted by molar-refractivity contribution is 5.76. The predicted molar refractivity (Wildman–Crippen MR) is 56.5 cm³/mol. The van der Waals surface area contributed by atoms with Gasteiger partial charge in [0.25, 0.3) is 0 Å². The molecule has 0 aromatic heterocycles. The molecule has 0 aromatic rings. The number of hydrogen-bond donors (Lipinski definition) is 0. The van der Waals surface area contributed by atoms with Crippen molar-refractivity contribution in [2.45, 2.75) is 39.2 Å². The fraction of sp³-hybridized carbons (Fsp3) is 0.818. The summed E-state index contributed by atoms with van der Waals surface area (Å²) in [6, 6.07) is 0. The minimum atomic E-state index is -0.360. The molecular formula is C11H19NO2. The first kappa shape index (κ1) is 11.2. The maximum absolute atomic E-state index is 11.5. The fourth-order valence-corrected chi connectivity index (χ4v) is 1.57. The highest BCUT2D eigenvalue weighted by Crippen LogP contribution is 2.34. The Bertz CT molecular complexity index is 234. The summed E-state index contributed by atoms with van der Waals surface area (Å²) < 4.78 is 5.28. The summed E-state index contributed by atoms with van der Waals surface area (Å²) in [7, 11) is 1.76. The van der Waals surface area contributed by atoms with Crippen LogP contribution in [-0.4, -0.2) is 24.8 Å². The zero-order chi connectivity index (χ0) is 10.8. The first-order valence-corrected chi connectivity index (χ1v) is 5.07. The van der Waals surface area contributed by atoms with Crippen LogP contribution in [0.25, 0.3) is 0 Å². The molecule has 1 aliphatic rings. The number of carbonyl (C=O) groups is 1. The predicted octanol–water partition coefficient (Wildman–Crippen LogP) is 2.05. The minimum absolute atomic E-state index is 0.0572. The molecule has 0 aliphatic heterocycles. The number of aliphatic imine (C=N–C) groups is 1. The normalized spacial score (nSPS) is 27.4. The topological polar surface area (TPSA) is 38.7 Å². The summed E-state index contributed by atoms with van der Waals surface area (Å²) in [5, 5.41) is 0. The van der Waals surface area contributed by atoms with Gasteiger partial charge in [-0.3, -0.25) is 4.79 Å². The third kappa shape index (κ3) is 3.13. The van der Waals surface area contributed by atoms with Crippen molar-refractivity contribution in [1.29, 1.82) is 0 Å². The van der Waals surface area contributed by atoms with E-state index < -0.39 is 0 Å². The number of ether oxygens (including phenoxy) is 1. The molecule has 0 aromatic carbocycles. The van der Waals surface area contributed by atoms with Crippen LogP contribution in [0.15, 0.2) is 4.99 Å². The molecule has 1 rings (SSSR count). The average molecular weight is 197 g/mol. The van der Waals surface area contributed by atoms with Crippen LogP contribution >= 0.6 is 0 Å². The first-order chi connectivity index (χ1) is 6.42. The molecule has 0 amide bonds. The highest BCUT2D eigenvalue weighted by Gasteiger charge is 2.36. The summed E-state index contributed by atoms with van der Waals surface area (Å²) in [6.45, 7) is 5.69. The van der Waals surface area contributed by atoms with Gasteiger partial charge in [-0.15, -0.1) is 0 Å². The molecular weight excluding hydrogens is 178 g/mol. The number of rotatable bonds is 2. The van der Waals surface area contributed by atoms with Gasteiger partial charge in [0.15, 0.2) is 0 Å². The minimum Gasteiger partial charge on any atom is -0.460 e. The molecule has 0 atom stereocenters. The molecule has 1 saturated carbocycles. The van der Waals surface area contributed by atoms with Crippen molar-refractivity contribution in [2.24, 2.45) is 16.8 Å². The van der Waals surface area contributed by atoms with E-state index in [4.69, 9.17) is 4.74 Å². The lowest BCUT2D eigenvalue weighted by Gasteiger charge is -2.33. The van der Waals surface area contributed by atoms with Gasteiger partial charge in [0, 0.05) is 13.3 Å². The van der Waals surface area contributed by atoms with Crippen LogP contribution in [0.4, 0.5) is 0 Å². The zero-order valence-corrected chi connectivity index (χ0v) is 9.41. The molecule has 0 heterocycles. The van der Waals surface area contributed by atoms with E-state index in [1.807, 2.05) is 27.0 Å². The molecule has 14 heavy (non-hydrogen) atoms. The largest absolute Gasteiger partial charge is 0.460 e. The molecule has 0 saturated heterocycles. The summed E-state index contributed by atoms with van der Waals surface area (Å²) in [5.41, 5.74) is -0.360. The second kappa shape index (κ2) is 4.11. The van der Waals surface area contributed by atoms with E-state index in [0.717, 1.165) is 12.8 Å². The van der Waals surface area contributed by atoms with Crippen molar-refractivity contribution in [3.05, 3.63) is 0 Å². The molecule has 0 N–H and O–H groups in total.